The van der Waals surface area contributed by atoms with E-state index < -0.39 is 0 Å². The minimum absolute atomic E-state index is 0.265. The summed E-state index contributed by atoms with van der Waals surface area (Å²) in [7, 11) is 0. The Morgan fingerprint density at radius 2 is 0.879 bits per heavy atom. The first-order valence-corrected chi connectivity index (χ1v) is 12.2. The highest BCUT2D eigenvalue weighted by Gasteiger charge is 2.10. The highest BCUT2D eigenvalue weighted by atomic mass is 35.5. The molecule has 0 aliphatic carbocycles. The van der Waals surface area contributed by atoms with Gasteiger partial charge in [-0.05, 0) is 34.9 Å². The maximum absolute atomic E-state index is 5.82. The summed E-state index contributed by atoms with van der Waals surface area (Å²) in [6, 6.07) is 10.5. The predicted molar refractivity (Wildman–Crippen MR) is 155 cm³/mol. The average Bonchev–Trinajstić information content (AvgIpc) is 2.81. The maximum atomic E-state index is 5.82. The molecule has 0 aliphatic rings. The topological polar surface area (TPSA) is 0 Å². The van der Waals surface area contributed by atoms with E-state index >= 15 is 0 Å². The van der Waals surface area contributed by atoms with Gasteiger partial charge in [0.1, 0.15) is 0 Å². The number of halogens is 9. The van der Waals surface area contributed by atoms with E-state index in [9.17, 15) is 0 Å². The summed E-state index contributed by atoms with van der Waals surface area (Å²) in [5, 5.41) is 3.72. The Morgan fingerprint density at radius 3 is 1.39 bits per heavy atom. The van der Waals surface area contributed by atoms with Gasteiger partial charge in [-0.2, -0.15) is 0 Å². The summed E-state index contributed by atoms with van der Waals surface area (Å²) < 4.78 is 0. The second-order valence-electron chi connectivity index (χ2n) is 5.91. The molecule has 3 aromatic rings. The van der Waals surface area contributed by atoms with Crippen LogP contribution in [0.15, 0.2) is 56.1 Å². The van der Waals surface area contributed by atoms with Crippen LogP contribution >= 0.6 is 104 Å². The van der Waals surface area contributed by atoms with Crippen molar-refractivity contribution in [1.29, 1.82) is 0 Å². The first-order valence-electron chi connectivity index (χ1n) is 8.77. The first-order chi connectivity index (χ1) is 15.5. The van der Waals surface area contributed by atoms with Gasteiger partial charge in [-0.25, -0.2) is 0 Å². The van der Waals surface area contributed by atoms with Gasteiger partial charge in [-0.1, -0.05) is 161 Å². The molecule has 0 aliphatic heterocycles. The van der Waals surface area contributed by atoms with E-state index in [0.29, 0.717) is 40.7 Å². The van der Waals surface area contributed by atoms with Crippen LogP contribution < -0.4 is 0 Å². The monoisotopic (exact) mass is 618 g/mol. The lowest BCUT2D eigenvalue weighted by Crippen LogP contribution is -1.79. The molecule has 33 heavy (non-hydrogen) atoms. The van der Waals surface area contributed by atoms with Gasteiger partial charge >= 0.3 is 0 Å². The van der Waals surface area contributed by atoms with Gasteiger partial charge in [-0.3, -0.25) is 0 Å². The fourth-order valence-electron chi connectivity index (χ4n) is 2.12. The lowest BCUT2D eigenvalue weighted by molar-refractivity contribution is 1.65. The second-order valence-corrected chi connectivity index (χ2v) is 9.40. The Bertz CT molecular complexity index is 1170. The molecule has 0 saturated carbocycles. The molecule has 0 unspecified atom stereocenters. The Kier molecular flexibility index (Phi) is 13.7. The van der Waals surface area contributed by atoms with Crippen molar-refractivity contribution in [3.63, 3.8) is 0 Å². The summed E-state index contributed by atoms with van der Waals surface area (Å²) in [5.41, 5.74) is 2.34. The molecule has 0 bridgehead atoms. The second kappa shape index (κ2) is 14.8. The standard InChI is InChI=1S/C8H4Cl4.C8H5Cl3.C8H6Cl2/c1-2-4-3-5(9)7(11)8(12)6(4)10;1-2-5-3-4-6(9)8(11)7(5)10;1-2-6-4-3-5-7(9)8(6)10/h2-3H,1H2;2-4H,1H2;2-5H,1H2. The zero-order valence-electron chi connectivity index (χ0n) is 16.7. The Hall–Kier alpha value is -0.510. The summed E-state index contributed by atoms with van der Waals surface area (Å²) in [4.78, 5) is 0. The molecule has 9 heteroatoms. The largest absolute Gasteiger partial charge is 0.0984 e. The van der Waals surface area contributed by atoms with Crippen LogP contribution in [0.25, 0.3) is 18.2 Å². The summed E-state index contributed by atoms with van der Waals surface area (Å²) in [6.45, 7) is 10.7. The van der Waals surface area contributed by atoms with Crippen LogP contribution in [0, 0.1) is 0 Å². The molecule has 0 nitrogen and oxygen atoms in total. The van der Waals surface area contributed by atoms with Crippen LogP contribution in [0.4, 0.5) is 0 Å². The molecule has 3 rings (SSSR count). The molecule has 0 radical (unpaired) electrons. The molecular weight excluding hydrogens is 607 g/mol. The van der Waals surface area contributed by atoms with Gasteiger partial charge in [0.2, 0.25) is 0 Å². The lowest BCUT2D eigenvalue weighted by atomic mass is 10.2. The fraction of sp³-hybridized carbons (Fsp3) is 0. The number of hydrogen-bond donors (Lipinski definition) is 0. The average molecular weight is 622 g/mol. The van der Waals surface area contributed by atoms with E-state index in [-0.39, 0.29) is 10.0 Å². The molecule has 0 heterocycles. The van der Waals surface area contributed by atoms with Crippen molar-refractivity contribution in [2.45, 2.75) is 0 Å². The molecule has 0 aromatic heterocycles. The van der Waals surface area contributed by atoms with Crippen LogP contribution in [0.1, 0.15) is 16.7 Å². The van der Waals surface area contributed by atoms with Crippen LogP contribution in [0.5, 0.6) is 0 Å². The molecule has 3 aromatic carbocycles. The van der Waals surface area contributed by atoms with Gasteiger partial charge in [0.05, 0.1) is 45.2 Å². The van der Waals surface area contributed by atoms with Gasteiger partial charge in [0, 0.05) is 0 Å². The molecule has 0 fully saturated rings. The smallest absolute Gasteiger partial charge is 0.0799 e. The lowest BCUT2D eigenvalue weighted by Gasteiger charge is -2.04. The zero-order valence-corrected chi connectivity index (χ0v) is 23.5. The number of hydrogen-bond acceptors (Lipinski definition) is 0. The molecule has 0 saturated heterocycles. The summed E-state index contributed by atoms with van der Waals surface area (Å²) in [5.74, 6) is 0. The van der Waals surface area contributed by atoms with Crippen molar-refractivity contribution in [3.8, 4) is 0 Å². The van der Waals surface area contributed by atoms with Gasteiger partial charge in [-0.15, -0.1) is 0 Å². The Labute approximate surface area is 238 Å². The maximum Gasteiger partial charge on any atom is 0.0799 e. The third-order valence-electron chi connectivity index (χ3n) is 3.84. The predicted octanol–water partition coefficient (Wildman–Crippen LogP) is 12.9. The minimum atomic E-state index is 0.265. The van der Waals surface area contributed by atoms with Crippen molar-refractivity contribution in [2.24, 2.45) is 0 Å². The van der Waals surface area contributed by atoms with Gasteiger partial charge in [0.25, 0.3) is 0 Å². The Morgan fingerprint density at radius 1 is 0.424 bits per heavy atom. The quantitative estimate of drug-likeness (QED) is 0.201. The first kappa shape index (κ1) is 30.5. The summed E-state index contributed by atoms with van der Waals surface area (Å²) >= 11 is 51.8. The highest BCUT2D eigenvalue weighted by molar-refractivity contribution is 6.52. The van der Waals surface area contributed by atoms with Crippen molar-refractivity contribution in [3.05, 3.63) is 118 Å². The number of benzene rings is 3. The molecule has 0 atom stereocenters. The van der Waals surface area contributed by atoms with Crippen LogP contribution in [-0.4, -0.2) is 0 Å². The molecular formula is C24H15Cl9. The normalized spacial score (nSPS) is 9.73. The van der Waals surface area contributed by atoms with Crippen molar-refractivity contribution in [1.82, 2.24) is 0 Å². The Balaban J connectivity index is 0.000000249. The van der Waals surface area contributed by atoms with E-state index in [1.807, 2.05) is 12.1 Å². The van der Waals surface area contributed by atoms with Crippen molar-refractivity contribution in [2.75, 3.05) is 0 Å². The van der Waals surface area contributed by atoms with Crippen molar-refractivity contribution >= 4 is 123 Å². The van der Waals surface area contributed by atoms with Crippen LogP contribution in [-0.2, 0) is 0 Å². The minimum Gasteiger partial charge on any atom is -0.0984 e. The van der Waals surface area contributed by atoms with Crippen LogP contribution in [0.3, 0.4) is 0 Å². The third kappa shape index (κ3) is 8.58. The van der Waals surface area contributed by atoms with E-state index in [0.717, 1.165) is 11.1 Å². The molecule has 0 spiro atoms. The fourth-order valence-corrected chi connectivity index (χ4v) is 4.02. The molecule has 0 N–H and O–H groups in total. The third-order valence-corrected chi connectivity index (χ3v) is 7.74. The zero-order chi connectivity index (χ0) is 25.3. The SMILES string of the molecule is C=Cc1cc(Cl)c(Cl)c(Cl)c1Cl.C=Cc1ccc(Cl)c(Cl)c1Cl.C=Cc1cccc(Cl)c1Cl. The summed E-state index contributed by atoms with van der Waals surface area (Å²) in [6.07, 6.45) is 4.87. The van der Waals surface area contributed by atoms with Gasteiger partial charge in [0.15, 0.2) is 0 Å². The van der Waals surface area contributed by atoms with E-state index in [4.69, 9.17) is 104 Å². The highest BCUT2D eigenvalue weighted by Crippen LogP contribution is 2.38. The van der Waals surface area contributed by atoms with E-state index in [1.54, 1.807) is 42.5 Å². The molecule has 174 valence electrons. The molecule has 0 amide bonds. The number of rotatable bonds is 3. The van der Waals surface area contributed by atoms with Gasteiger partial charge < -0.3 is 0 Å². The van der Waals surface area contributed by atoms with E-state index in [1.165, 1.54) is 0 Å². The van der Waals surface area contributed by atoms with Crippen LogP contribution in [0.2, 0.25) is 45.2 Å². The van der Waals surface area contributed by atoms with E-state index in [2.05, 4.69) is 19.7 Å². The van der Waals surface area contributed by atoms with Crippen molar-refractivity contribution < 1.29 is 0 Å².